The van der Waals surface area contributed by atoms with Gasteiger partial charge in [0.05, 0.1) is 17.4 Å². The van der Waals surface area contributed by atoms with E-state index >= 15 is 0 Å². The fourth-order valence-corrected chi connectivity index (χ4v) is 4.53. The van der Waals surface area contributed by atoms with Crippen molar-refractivity contribution >= 4 is 49.9 Å². The van der Waals surface area contributed by atoms with Crippen LogP contribution >= 0.6 is 11.3 Å². The van der Waals surface area contributed by atoms with Crippen molar-refractivity contribution in [1.82, 2.24) is 0 Å². The molecule has 1 amide bonds. The molecule has 0 aliphatic rings. The van der Waals surface area contributed by atoms with Gasteiger partial charge in [-0.3, -0.25) is 9.52 Å². The SMILES string of the molecule is CS(=O)(=O)Nc1cccc(C(=O)OCC(=O)Nc2sc(-c3ccccc3)cc2C(=O)OCCN)c1. The zero-order valence-electron chi connectivity index (χ0n) is 18.6. The Hall–Kier alpha value is -3.74. The fourth-order valence-electron chi connectivity index (χ4n) is 2.91. The number of anilines is 2. The van der Waals surface area contributed by atoms with Gasteiger partial charge >= 0.3 is 11.9 Å². The van der Waals surface area contributed by atoms with Gasteiger partial charge in [-0.25, -0.2) is 18.0 Å². The molecular weight excluding hydrogens is 494 g/mol. The second-order valence-electron chi connectivity index (χ2n) is 7.22. The van der Waals surface area contributed by atoms with Crippen LogP contribution in [0.4, 0.5) is 10.7 Å². The molecule has 0 saturated carbocycles. The summed E-state index contributed by atoms with van der Waals surface area (Å²) in [4.78, 5) is 38.0. The van der Waals surface area contributed by atoms with E-state index in [-0.39, 0.29) is 35.0 Å². The number of sulfonamides is 1. The summed E-state index contributed by atoms with van der Waals surface area (Å²) in [5.74, 6) is -2.13. The van der Waals surface area contributed by atoms with Gasteiger partial charge < -0.3 is 20.5 Å². The molecule has 1 heterocycles. The van der Waals surface area contributed by atoms with E-state index in [1.807, 2.05) is 30.3 Å². The Balaban J connectivity index is 1.70. The Morgan fingerprint density at radius 2 is 1.71 bits per heavy atom. The van der Waals surface area contributed by atoms with Gasteiger partial charge in [0.1, 0.15) is 11.6 Å². The van der Waals surface area contributed by atoms with E-state index < -0.39 is 34.5 Å². The molecule has 2 aromatic carbocycles. The van der Waals surface area contributed by atoms with Crippen molar-refractivity contribution in [3.05, 3.63) is 71.8 Å². The molecule has 0 spiro atoms. The average molecular weight is 518 g/mol. The van der Waals surface area contributed by atoms with Gasteiger partial charge in [-0.15, -0.1) is 11.3 Å². The van der Waals surface area contributed by atoms with Crippen molar-refractivity contribution in [1.29, 1.82) is 0 Å². The van der Waals surface area contributed by atoms with Crippen LogP contribution in [-0.2, 0) is 24.3 Å². The highest BCUT2D eigenvalue weighted by molar-refractivity contribution is 7.92. The molecule has 0 radical (unpaired) electrons. The van der Waals surface area contributed by atoms with Gasteiger partial charge in [-0.2, -0.15) is 0 Å². The van der Waals surface area contributed by atoms with E-state index in [1.165, 1.54) is 35.6 Å². The normalized spacial score (nSPS) is 10.9. The molecule has 0 aliphatic carbocycles. The molecule has 4 N–H and O–H groups in total. The minimum absolute atomic E-state index is 0.0214. The van der Waals surface area contributed by atoms with Crippen LogP contribution < -0.4 is 15.8 Å². The third kappa shape index (κ3) is 7.64. The van der Waals surface area contributed by atoms with Crippen LogP contribution in [0.25, 0.3) is 10.4 Å². The first-order valence-electron chi connectivity index (χ1n) is 10.3. The molecule has 3 rings (SSSR count). The number of nitrogens with one attached hydrogen (secondary N) is 2. The van der Waals surface area contributed by atoms with Crippen molar-refractivity contribution in [2.75, 3.05) is 36.1 Å². The zero-order valence-corrected chi connectivity index (χ0v) is 20.3. The van der Waals surface area contributed by atoms with Crippen LogP contribution in [0.5, 0.6) is 0 Å². The molecule has 0 aliphatic heterocycles. The topological polar surface area (TPSA) is 154 Å². The van der Waals surface area contributed by atoms with Crippen LogP contribution in [0.15, 0.2) is 60.7 Å². The highest BCUT2D eigenvalue weighted by atomic mass is 32.2. The van der Waals surface area contributed by atoms with Gasteiger partial charge in [0.15, 0.2) is 6.61 Å². The largest absolute Gasteiger partial charge is 0.461 e. The Morgan fingerprint density at radius 3 is 2.40 bits per heavy atom. The number of rotatable bonds is 10. The number of thiophene rings is 1. The van der Waals surface area contributed by atoms with E-state index in [2.05, 4.69) is 10.0 Å². The number of carbonyl (C=O) groups excluding carboxylic acids is 3. The van der Waals surface area contributed by atoms with Crippen LogP contribution in [0, 0.1) is 0 Å². The predicted molar refractivity (Wildman–Crippen MR) is 133 cm³/mol. The van der Waals surface area contributed by atoms with Crippen LogP contribution in [-0.4, -0.2) is 52.3 Å². The molecule has 0 bridgehead atoms. The summed E-state index contributed by atoms with van der Waals surface area (Å²) >= 11 is 1.17. The summed E-state index contributed by atoms with van der Waals surface area (Å²) in [6.45, 7) is -0.452. The minimum atomic E-state index is -3.53. The molecule has 0 unspecified atom stereocenters. The van der Waals surface area contributed by atoms with Gasteiger partial charge in [-0.1, -0.05) is 36.4 Å². The summed E-state index contributed by atoms with van der Waals surface area (Å²) in [6, 6.07) is 16.5. The Labute approximate surface area is 206 Å². The Morgan fingerprint density at radius 1 is 0.971 bits per heavy atom. The molecule has 184 valence electrons. The van der Waals surface area contributed by atoms with Crippen LogP contribution in [0.1, 0.15) is 20.7 Å². The molecule has 0 saturated heterocycles. The van der Waals surface area contributed by atoms with E-state index in [4.69, 9.17) is 15.2 Å². The highest BCUT2D eigenvalue weighted by Gasteiger charge is 2.21. The van der Waals surface area contributed by atoms with Crippen molar-refractivity contribution < 1.29 is 32.3 Å². The van der Waals surface area contributed by atoms with Gasteiger partial charge in [0.25, 0.3) is 5.91 Å². The number of carbonyl (C=O) groups is 3. The van der Waals surface area contributed by atoms with E-state index in [0.717, 1.165) is 16.7 Å². The van der Waals surface area contributed by atoms with Crippen molar-refractivity contribution in [3.8, 4) is 10.4 Å². The number of esters is 2. The third-order valence-electron chi connectivity index (χ3n) is 4.35. The Bertz CT molecular complexity index is 1320. The number of hydrogen-bond acceptors (Lipinski definition) is 9. The summed E-state index contributed by atoms with van der Waals surface area (Å²) in [5, 5.41) is 2.83. The predicted octanol–water partition coefficient (Wildman–Crippen LogP) is 2.70. The lowest BCUT2D eigenvalue weighted by molar-refractivity contribution is -0.119. The number of amides is 1. The first-order valence-corrected chi connectivity index (χ1v) is 13.0. The van der Waals surface area contributed by atoms with E-state index in [0.29, 0.717) is 0 Å². The number of hydrogen-bond donors (Lipinski definition) is 3. The molecule has 10 nitrogen and oxygen atoms in total. The summed E-state index contributed by atoms with van der Waals surface area (Å²) in [6.07, 6.45) is 0.982. The smallest absolute Gasteiger partial charge is 0.341 e. The van der Waals surface area contributed by atoms with Crippen molar-refractivity contribution in [2.45, 2.75) is 0 Å². The second kappa shape index (κ2) is 11.6. The Kier molecular flexibility index (Phi) is 8.58. The van der Waals surface area contributed by atoms with Gasteiger partial charge in [0.2, 0.25) is 10.0 Å². The molecule has 0 fully saturated rings. The maximum Gasteiger partial charge on any atom is 0.341 e. The lowest BCUT2D eigenvalue weighted by atomic mass is 10.1. The van der Waals surface area contributed by atoms with E-state index in [9.17, 15) is 22.8 Å². The first kappa shape index (κ1) is 25.9. The van der Waals surface area contributed by atoms with Gasteiger partial charge in [0, 0.05) is 17.1 Å². The number of ether oxygens (including phenoxy) is 2. The maximum absolute atomic E-state index is 12.5. The molecule has 35 heavy (non-hydrogen) atoms. The monoisotopic (exact) mass is 517 g/mol. The summed E-state index contributed by atoms with van der Waals surface area (Å²) in [5.41, 5.74) is 6.64. The lowest BCUT2D eigenvalue weighted by Crippen LogP contribution is -2.22. The standard InChI is InChI=1S/C23H23N3O7S2/c1-35(30,31)26-17-9-5-8-16(12-17)22(28)33-14-20(27)25-21-18(23(29)32-11-10-24)13-19(34-21)15-6-3-2-4-7-15/h2-9,12-13,26H,10-11,14,24H2,1H3,(H,25,27). The number of benzene rings is 2. The number of nitrogens with two attached hydrogens (primary N) is 1. The first-order chi connectivity index (χ1) is 16.7. The highest BCUT2D eigenvalue weighted by Crippen LogP contribution is 2.36. The van der Waals surface area contributed by atoms with Crippen LogP contribution in [0.3, 0.4) is 0 Å². The maximum atomic E-state index is 12.5. The molecule has 0 atom stereocenters. The van der Waals surface area contributed by atoms with Crippen LogP contribution in [0.2, 0.25) is 0 Å². The molecule has 12 heteroatoms. The zero-order chi connectivity index (χ0) is 25.4. The van der Waals surface area contributed by atoms with Crippen molar-refractivity contribution in [3.63, 3.8) is 0 Å². The van der Waals surface area contributed by atoms with Gasteiger partial charge in [-0.05, 0) is 29.8 Å². The quantitative estimate of drug-likeness (QED) is 0.347. The second-order valence-corrected chi connectivity index (χ2v) is 10.0. The minimum Gasteiger partial charge on any atom is -0.461 e. The fraction of sp³-hybridized carbons (Fsp3) is 0.174. The lowest BCUT2D eigenvalue weighted by Gasteiger charge is -2.08. The van der Waals surface area contributed by atoms with Crippen molar-refractivity contribution in [2.24, 2.45) is 5.73 Å². The molecule has 3 aromatic rings. The average Bonchev–Trinajstić information content (AvgIpc) is 3.24. The van der Waals surface area contributed by atoms with E-state index in [1.54, 1.807) is 6.07 Å². The molecule has 1 aromatic heterocycles. The summed E-state index contributed by atoms with van der Waals surface area (Å²) < 4.78 is 35.2. The molecular formula is C23H23N3O7S2. The third-order valence-corrected chi connectivity index (χ3v) is 6.06. The summed E-state index contributed by atoms with van der Waals surface area (Å²) in [7, 11) is -3.53.